The minimum atomic E-state index is -0.943. The highest BCUT2D eigenvalue weighted by molar-refractivity contribution is 7.17. The topological polar surface area (TPSA) is 156 Å². The minimum Gasteiger partial charge on any atom is -0.481 e. The monoisotopic (exact) mass is 844 g/mol. The summed E-state index contributed by atoms with van der Waals surface area (Å²) in [7, 11) is 1.76. The molecular formula is C46H57ClN4O7S. The maximum absolute atomic E-state index is 13.9. The number of hydrogen-bond acceptors (Lipinski definition) is 7. The number of carbonyl (C=O) groups excluding carboxylic acids is 3. The SMILES string of the molecule is CCC(CC)N(CCCN(C)C(=O)CCCC(=O)O)Cc1cccc(C(=O)Nc2sc3c(c2C(=O)Nc2ccc(CCc4ccc(C(=O)O)cc4)cc2)CCCC3)c1.Cl. The summed E-state index contributed by atoms with van der Waals surface area (Å²) in [5.41, 5.74) is 6.13. The fraction of sp³-hybridized carbons (Fsp3) is 0.413. The van der Waals surface area contributed by atoms with Gasteiger partial charge in [0, 0.05) is 61.7 Å². The summed E-state index contributed by atoms with van der Waals surface area (Å²) in [5.74, 6) is -2.40. The van der Waals surface area contributed by atoms with Gasteiger partial charge in [0.2, 0.25) is 5.91 Å². The zero-order valence-electron chi connectivity index (χ0n) is 34.3. The number of nitrogens with zero attached hydrogens (tertiary/aromatic N) is 2. The molecule has 0 unspecified atom stereocenters. The van der Waals surface area contributed by atoms with Gasteiger partial charge >= 0.3 is 11.9 Å². The van der Waals surface area contributed by atoms with Crippen LogP contribution in [0.25, 0.3) is 0 Å². The lowest BCUT2D eigenvalue weighted by Crippen LogP contribution is -2.37. The molecule has 0 spiro atoms. The summed E-state index contributed by atoms with van der Waals surface area (Å²) >= 11 is 1.49. The second-order valence-corrected chi connectivity index (χ2v) is 16.2. The van der Waals surface area contributed by atoms with Crippen LogP contribution in [0, 0.1) is 0 Å². The average Bonchev–Trinajstić information content (AvgIpc) is 3.58. The van der Waals surface area contributed by atoms with Gasteiger partial charge in [-0.25, -0.2) is 4.79 Å². The number of nitrogens with one attached hydrogen (secondary N) is 2. The van der Waals surface area contributed by atoms with Gasteiger partial charge in [-0.05, 0) is 123 Å². The Morgan fingerprint density at radius 3 is 2.05 bits per heavy atom. The molecule has 0 fully saturated rings. The Labute approximate surface area is 357 Å². The van der Waals surface area contributed by atoms with Crippen LogP contribution in [-0.4, -0.2) is 75.9 Å². The lowest BCUT2D eigenvalue weighted by molar-refractivity contribution is -0.137. The van der Waals surface area contributed by atoms with Gasteiger partial charge in [-0.3, -0.25) is 24.1 Å². The van der Waals surface area contributed by atoms with Crippen LogP contribution in [0.3, 0.4) is 0 Å². The summed E-state index contributed by atoms with van der Waals surface area (Å²) < 4.78 is 0. The highest BCUT2D eigenvalue weighted by Gasteiger charge is 2.27. The van der Waals surface area contributed by atoms with E-state index in [0.29, 0.717) is 47.4 Å². The highest BCUT2D eigenvalue weighted by atomic mass is 35.5. The number of fused-ring (bicyclic) bond motifs is 1. The average molecular weight is 846 g/mol. The molecule has 59 heavy (non-hydrogen) atoms. The van der Waals surface area contributed by atoms with Crippen LogP contribution in [0.4, 0.5) is 10.7 Å². The third-order valence-electron chi connectivity index (χ3n) is 10.9. The summed E-state index contributed by atoms with van der Waals surface area (Å²) in [6.07, 6.45) is 8.45. The zero-order chi connectivity index (χ0) is 41.6. The number of carbonyl (C=O) groups is 5. The number of rotatable bonds is 21. The van der Waals surface area contributed by atoms with Crippen LogP contribution in [0.1, 0.15) is 123 Å². The molecule has 316 valence electrons. The van der Waals surface area contributed by atoms with E-state index in [1.165, 1.54) is 11.3 Å². The second-order valence-electron chi connectivity index (χ2n) is 15.1. The Kier molecular flexibility index (Phi) is 18.1. The van der Waals surface area contributed by atoms with Gasteiger partial charge in [0.05, 0.1) is 11.1 Å². The van der Waals surface area contributed by atoms with E-state index in [1.54, 1.807) is 30.1 Å². The van der Waals surface area contributed by atoms with Gasteiger partial charge in [0.25, 0.3) is 11.8 Å². The van der Waals surface area contributed by atoms with Crippen molar-refractivity contribution in [3.63, 3.8) is 0 Å². The maximum Gasteiger partial charge on any atom is 0.335 e. The van der Waals surface area contributed by atoms with E-state index in [2.05, 4.69) is 29.4 Å². The lowest BCUT2D eigenvalue weighted by atomic mass is 9.95. The van der Waals surface area contributed by atoms with Crippen molar-refractivity contribution in [3.8, 4) is 0 Å². The maximum atomic E-state index is 13.9. The standard InChI is InChI=1S/C46H56N4O7S.ClH/c1-4-37(5-2)50(28-10-27-49(3)40(51)15-9-16-41(52)53)30-33-11-8-12-35(29-33)43(54)48-45-42(38-13-6-7-14-39(38)58-45)44(55)47-36-25-21-32(22-26-36)18-17-31-19-23-34(24-20-31)46(56)57;/h8,11-12,19-26,29,37H,4-7,9-10,13-18,27-28,30H2,1-3H3,(H,47,55)(H,48,54)(H,52,53)(H,56,57);1H. The van der Waals surface area contributed by atoms with E-state index in [1.807, 2.05) is 54.6 Å². The Morgan fingerprint density at radius 2 is 1.41 bits per heavy atom. The molecule has 3 aromatic carbocycles. The molecule has 0 bridgehead atoms. The molecule has 0 aliphatic heterocycles. The predicted octanol–water partition coefficient (Wildman–Crippen LogP) is 9.13. The third-order valence-corrected chi connectivity index (χ3v) is 12.1. The number of carboxylic acid groups (broad SMARTS) is 2. The number of halogens is 1. The molecule has 0 saturated carbocycles. The molecule has 4 aromatic rings. The molecule has 0 saturated heterocycles. The van der Waals surface area contributed by atoms with Gasteiger partial charge in [-0.15, -0.1) is 23.7 Å². The molecule has 1 aliphatic rings. The Morgan fingerprint density at radius 1 is 0.746 bits per heavy atom. The molecular weight excluding hydrogens is 788 g/mol. The third kappa shape index (κ3) is 13.5. The molecule has 11 nitrogen and oxygen atoms in total. The van der Waals surface area contributed by atoms with Crippen LogP contribution in [0.2, 0.25) is 0 Å². The van der Waals surface area contributed by atoms with Crippen LogP contribution >= 0.6 is 23.7 Å². The molecule has 1 aliphatic carbocycles. The number of aliphatic carboxylic acids is 1. The van der Waals surface area contributed by atoms with E-state index in [4.69, 9.17) is 10.2 Å². The molecule has 13 heteroatoms. The van der Waals surface area contributed by atoms with Crippen molar-refractivity contribution in [2.24, 2.45) is 0 Å². The first-order valence-corrected chi connectivity index (χ1v) is 21.2. The van der Waals surface area contributed by atoms with Crippen LogP contribution in [-0.2, 0) is 41.8 Å². The minimum absolute atomic E-state index is 0. The quantitative estimate of drug-likeness (QED) is 0.0647. The Balaban J connectivity index is 0.00000769. The van der Waals surface area contributed by atoms with Gasteiger partial charge in [-0.1, -0.05) is 50.2 Å². The van der Waals surface area contributed by atoms with Crippen molar-refractivity contribution in [2.75, 3.05) is 30.8 Å². The fourth-order valence-electron chi connectivity index (χ4n) is 7.58. The molecule has 4 N–H and O–H groups in total. The van der Waals surface area contributed by atoms with Crippen molar-refractivity contribution < 1.29 is 34.2 Å². The number of aryl methyl sites for hydroxylation is 3. The van der Waals surface area contributed by atoms with E-state index in [-0.39, 0.29) is 48.5 Å². The fourth-order valence-corrected chi connectivity index (χ4v) is 8.86. The second kappa shape index (κ2) is 22.9. The lowest BCUT2D eigenvalue weighted by Gasteiger charge is -2.31. The summed E-state index contributed by atoms with van der Waals surface area (Å²) in [6.45, 7) is 6.32. The summed E-state index contributed by atoms with van der Waals surface area (Å²) in [4.78, 5) is 67.5. The summed E-state index contributed by atoms with van der Waals surface area (Å²) in [5, 5.41) is 24.8. The number of amides is 3. The smallest absolute Gasteiger partial charge is 0.335 e. The van der Waals surface area contributed by atoms with Crippen LogP contribution in [0.5, 0.6) is 0 Å². The predicted molar refractivity (Wildman–Crippen MR) is 236 cm³/mol. The molecule has 3 amide bonds. The number of anilines is 2. The largest absolute Gasteiger partial charge is 0.481 e. The number of aromatic carboxylic acids is 1. The van der Waals surface area contributed by atoms with Gasteiger partial charge in [0.15, 0.2) is 0 Å². The van der Waals surface area contributed by atoms with E-state index in [9.17, 15) is 24.0 Å². The first kappa shape index (κ1) is 46.6. The van der Waals surface area contributed by atoms with E-state index < -0.39 is 11.9 Å². The zero-order valence-corrected chi connectivity index (χ0v) is 35.9. The first-order chi connectivity index (χ1) is 27.9. The molecule has 5 rings (SSSR count). The number of carboxylic acids is 2. The van der Waals surface area contributed by atoms with Crippen LogP contribution in [0.15, 0.2) is 72.8 Å². The highest BCUT2D eigenvalue weighted by Crippen LogP contribution is 2.39. The number of hydrogen-bond donors (Lipinski definition) is 4. The molecule has 0 atom stereocenters. The van der Waals surface area contributed by atoms with E-state index >= 15 is 0 Å². The van der Waals surface area contributed by atoms with Gasteiger partial charge in [0.1, 0.15) is 5.00 Å². The number of benzene rings is 3. The van der Waals surface area contributed by atoms with Crippen molar-refractivity contribution in [3.05, 3.63) is 117 Å². The molecule has 1 aromatic heterocycles. The Hall–Kier alpha value is -5.04. The Bertz CT molecular complexity index is 2050. The molecule has 1 heterocycles. The van der Waals surface area contributed by atoms with Crippen LogP contribution < -0.4 is 10.6 Å². The van der Waals surface area contributed by atoms with Gasteiger partial charge < -0.3 is 25.7 Å². The first-order valence-electron chi connectivity index (χ1n) is 20.4. The molecule has 0 radical (unpaired) electrons. The van der Waals surface area contributed by atoms with Crippen molar-refractivity contribution in [2.45, 2.75) is 103 Å². The summed E-state index contributed by atoms with van der Waals surface area (Å²) in [6, 6.07) is 22.6. The van der Waals surface area contributed by atoms with Crippen molar-refractivity contribution >= 4 is 64.1 Å². The van der Waals surface area contributed by atoms with Crippen molar-refractivity contribution in [1.82, 2.24) is 9.80 Å². The van der Waals surface area contributed by atoms with E-state index in [0.717, 1.165) is 91.5 Å². The van der Waals surface area contributed by atoms with Gasteiger partial charge in [-0.2, -0.15) is 0 Å². The normalized spacial score (nSPS) is 12.1. The number of thiophene rings is 1. The van der Waals surface area contributed by atoms with Crippen molar-refractivity contribution in [1.29, 1.82) is 0 Å².